The average Bonchev–Trinajstić information content (AvgIpc) is 2.58. The third kappa shape index (κ3) is 7.02. The Kier molecular flexibility index (Phi) is 7.94. The lowest BCUT2D eigenvalue weighted by Gasteiger charge is -2.22. The Morgan fingerprint density at radius 1 is 1.18 bits per heavy atom. The molecule has 1 atom stereocenters. The zero-order valence-electron chi connectivity index (χ0n) is 12.9. The molecular formula is C17H24O5. The molecule has 2 rings (SSSR count). The van der Waals surface area contributed by atoms with Gasteiger partial charge < -0.3 is 18.9 Å². The molecule has 1 aliphatic rings. The van der Waals surface area contributed by atoms with E-state index in [-0.39, 0.29) is 25.5 Å². The molecule has 5 heteroatoms. The fraction of sp³-hybridized carbons (Fsp3) is 0.588. The molecule has 0 aromatic heterocycles. The number of hydrogen-bond donors (Lipinski definition) is 0. The summed E-state index contributed by atoms with van der Waals surface area (Å²) < 4.78 is 21.4. The van der Waals surface area contributed by atoms with Crippen molar-refractivity contribution in [1.82, 2.24) is 0 Å². The summed E-state index contributed by atoms with van der Waals surface area (Å²) in [6, 6.07) is 9.58. The van der Waals surface area contributed by atoms with Gasteiger partial charge in [-0.1, -0.05) is 30.3 Å². The van der Waals surface area contributed by atoms with Gasteiger partial charge in [0, 0.05) is 13.2 Å². The van der Waals surface area contributed by atoms with Crippen LogP contribution >= 0.6 is 0 Å². The van der Waals surface area contributed by atoms with Crippen molar-refractivity contribution in [3.63, 3.8) is 0 Å². The first-order chi connectivity index (χ1) is 10.8. The lowest BCUT2D eigenvalue weighted by atomic mass is 10.2. The Morgan fingerprint density at radius 2 is 2.05 bits per heavy atom. The summed E-state index contributed by atoms with van der Waals surface area (Å²) in [6.45, 7) is 2.11. The van der Waals surface area contributed by atoms with E-state index in [4.69, 9.17) is 18.9 Å². The normalized spacial score (nSPS) is 18.1. The molecule has 1 aliphatic heterocycles. The SMILES string of the molecule is O=C(COCCCOC1CCCCO1)OCc1ccccc1. The zero-order valence-corrected chi connectivity index (χ0v) is 12.9. The molecular weight excluding hydrogens is 284 g/mol. The maximum Gasteiger partial charge on any atom is 0.332 e. The van der Waals surface area contributed by atoms with Crippen LogP contribution in [0.4, 0.5) is 0 Å². The van der Waals surface area contributed by atoms with E-state index in [1.54, 1.807) is 0 Å². The highest BCUT2D eigenvalue weighted by Gasteiger charge is 2.13. The number of hydrogen-bond acceptors (Lipinski definition) is 5. The van der Waals surface area contributed by atoms with Gasteiger partial charge in [0.05, 0.1) is 6.61 Å². The van der Waals surface area contributed by atoms with Crippen LogP contribution in [0.3, 0.4) is 0 Å². The highest BCUT2D eigenvalue weighted by Crippen LogP contribution is 2.13. The second-order valence-corrected chi connectivity index (χ2v) is 5.22. The Morgan fingerprint density at radius 3 is 2.82 bits per heavy atom. The van der Waals surface area contributed by atoms with Gasteiger partial charge in [-0.3, -0.25) is 0 Å². The number of carbonyl (C=O) groups excluding carboxylic acids is 1. The second kappa shape index (κ2) is 10.3. The molecule has 1 fully saturated rings. The zero-order chi connectivity index (χ0) is 15.5. The predicted octanol–water partition coefficient (Wildman–Crippen LogP) is 2.68. The van der Waals surface area contributed by atoms with Gasteiger partial charge in [0.2, 0.25) is 0 Å². The summed E-state index contributed by atoms with van der Waals surface area (Å²) in [7, 11) is 0. The lowest BCUT2D eigenvalue weighted by Crippen LogP contribution is -2.23. The summed E-state index contributed by atoms with van der Waals surface area (Å²) in [4.78, 5) is 11.5. The van der Waals surface area contributed by atoms with Crippen molar-refractivity contribution in [2.45, 2.75) is 38.6 Å². The van der Waals surface area contributed by atoms with Crippen molar-refractivity contribution in [2.24, 2.45) is 0 Å². The van der Waals surface area contributed by atoms with Gasteiger partial charge in [-0.2, -0.15) is 0 Å². The minimum atomic E-state index is -0.347. The highest BCUT2D eigenvalue weighted by atomic mass is 16.7. The molecule has 1 aromatic rings. The van der Waals surface area contributed by atoms with E-state index < -0.39 is 0 Å². The molecule has 22 heavy (non-hydrogen) atoms. The van der Waals surface area contributed by atoms with Crippen LogP contribution in [0.2, 0.25) is 0 Å². The highest BCUT2D eigenvalue weighted by molar-refractivity contribution is 5.70. The fourth-order valence-corrected chi connectivity index (χ4v) is 2.15. The van der Waals surface area contributed by atoms with Crippen LogP contribution in [0.25, 0.3) is 0 Å². The quantitative estimate of drug-likeness (QED) is 0.518. The number of benzene rings is 1. The van der Waals surface area contributed by atoms with Crippen molar-refractivity contribution in [3.8, 4) is 0 Å². The van der Waals surface area contributed by atoms with E-state index in [2.05, 4.69) is 0 Å². The van der Waals surface area contributed by atoms with E-state index in [1.807, 2.05) is 30.3 Å². The first-order valence-corrected chi connectivity index (χ1v) is 7.85. The van der Waals surface area contributed by atoms with Crippen LogP contribution in [-0.4, -0.2) is 38.7 Å². The monoisotopic (exact) mass is 308 g/mol. The third-order valence-corrected chi connectivity index (χ3v) is 3.34. The fourth-order valence-electron chi connectivity index (χ4n) is 2.15. The molecule has 1 aromatic carbocycles. The van der Waals surface area contributed by atoms with Crippen LogP contribution in [-0.2, 0) is 30.3 Å². The summed E-state index contributed by atoms with van der Waals surface area (Å²) in [5.74, 6) is -0.347. The number of ether oxygens (including phenoxy) is 4. The molecule has 0 saturated carbocycles. The minimum absolute atomic E-state index is 0.0211. The van der Waals surface area contributed by atoms with Gasteiger partial charge in [0.15, 0.2) is 6.29 Å². The molecule has 5 nitrogen and oxygen atoms in total. The predicted molar refractivity (Wildman–Crippen MR) is 81.2 cm³/mol. The molecule has 0 bridgehead atoms. The molecule has 1 unspecified atom stereocenters. The maximum absolute atomic E-state index is 11.5. The second-order valence-electron chi connectivity index (χ2n) is 5.22. The van der Waals surface area contributed by atoms with Crippen molar-refractivity contribution in [1.29, 1.82) is 0 Å². The van der Waals surface area contributed by atoms with Crippen molar-refractivity contribution in [2.75, 3.05) is 26.4 Å². The van der Waals surface area contributed by atoms with Crippen molar-refractivity contribution < 1.29 is 23.7 Å². The Balaban J connectivity index is 1.43. The molecule has 0 amide bonds. The first kappa shape index (κ1) is 16.9. The van der Waals surface area contributed by atoms with Gasteiger partial charge in [-0.05, 0) is 31.2 Å². The van der Waals surface area contributed by atoms with E-state index in [1.165, 1.54) is 0 Å². The van der Waals surface area contributed by atoms with Gasteiger partial charge >= 0.3 is 5.97 Å². The summed E-state index contributed by atoms with van der Waals surface area (Å²) in [5, 5.41) is 0. The van der Waals surface area contributed by atoms with Crippen LogP contribution < -0.4 is 0 Å². The van der Waals surface area contributed by atoms with Crippen LogP contribution in [0, 0.1) is 0 Å². The largest absolute Gasteiger partial charge is 0.459 e. The van der Waals surface area contributed by atoms with E-state index in [0.29, 0.717) is 13.2 Å². The number of esters is 1. The van der Waals surface area contributed by atoms with Gasteiger partial charge in [-0.15, -0.1) is 0 Å². The van der Waals surface area contributed by atoms with Gasteiger partial charge in [0.25, 0.3) is 0 Å². The topological polar surface area (TPSA) is 54.0 Å². The molecule has 122 valence electrons. The smallest absolute Gasteiger partial charge is 0.332 e. The Hall–Kier alpha value is -1.43. The summed E-state index contributed by atoms with van der Waals surface area (Å²) in [6.07, 6.45) is 3.92. The minimum Gasteiger partial charge on any atom is -0.459 e. The van der Waals surface area contributed by atoms with E-state index in [0.717, 1.165) is 37.9 Å². The van der Waals surface area contributed by atoms with Crippen LogP contribution in [0.15, 0.2) is 30.3 Å². The molecule has 0 radical (unpaired) electrons. The molecule has 1 heterocycles. The average molecular weight is 308 g/mol. The van der Waals surface area contributed by atoms with Gasteiger partial charge in [-0.25, -0.2) is 4.79 Å². The number of carbonyl (C=O) groups is 1. The molecule has 0 aliphatic carbocycles. The molecule has 0 N–H and O–H groups in total. The lowest BCUT2D eigenvalue weighted by molar-refractivity contribution is -0.165. The summed E-state index contributed by atoms with van der Waals surface area (Å²) in [5.41, 5.74) is 0.969. The maximum atomic E-state index is 11.5. The standard InChI is InChI=1S/C17H24O5/c18-16(22-13-15-7-2-1-3-8-15)14-19-10-6-12-21-17-9-4-5-11-20-17/h1-3,7-8,17H,4-6,9-14H2. The first-order valence-electron chi connectivity index (χ1n) is 7.85. The van der Waals surface area contributed by atoms with E-state index >= 15 is 0 Å². The molecule has 1 saturated heterocycles. The Bertz CT molecular complexity index is 414. The van der Waals surface area contributed by atoms with Crippen LogP contribution in [0.1, 0.15) is 31.2 Å². The Labute approximate surface area is 131 Å². The van der Waals surface area contributed by atoms with Crippen LogP contribution in [0.5, 0.6) is 0 Å². The van der Waals surface area contributed by atoms with E-state index in [9.17, 15) is 4.79 Å². The molecule has 0 spiro atoms. The third-order valence-electron chi connectivity index (χ3n) is 3.34. The summed E-state index contributed by atoms with van der Waals surface area (Å²) >= 11 is 0. The van der Waals surface area contributed by atoms with Crippen molar-refractivity contribution >= 4 is 5.97 Å². The van der Waals surface area contributed by atoms with Gasteiger partial charge in [0.1, 0.15) is 13.2 Å². The number of rotatable bonds is 9. The van der Waals surface area contributed by atoms with Crippen molar-refractivity contribution in [3.05, 3.63) is 35.9 Å².